The first-order chi connectivity index (χ1) is 7.50. The fraction of sp³-hybridized carbons (Fsp3) is 0.417. The van der Waals surface area contributed by atoms with E-state index in [2.05, 4.69) is 5.32 Å². The predicted molar refractivity (Wildman–Crippen MR) is 70.0 cm³/mol. The van der Waals surface area contributed by atoms with Crippen LogP contribution in [0.4, 0.5) is 0 Å². The van der Waals surface area contributed by atoms with Crippen molar-refractivity contribution in [2.75, 3.05) is 6.54 Å². The van der Waals surface area contributed by atoms with Crippen LogP contribution in [0.3, 0.4) is 0 Å². The number of hydrogen-bond acceptors (Lipinski definition) is 3. The number of amides is 1. The van der Waals surface area contributed by atoms with E-state index in [1.165, 1.54) is 0 Å². The Bertz CT molecular complexity index is 369. The summed E-state index contributed by atoms with van der Waals surface area (Å²) in [6, 6.07) is 7.00. The van der Waals surface area contributed by atoms with E-state index in [1.54, 1.807) is 6.92 Å². The minimum absolute atomic E-state index is 0. The van der Waals surface area contributed by atoms with Gasteiger partial charge >= 0.3 is 0 Å². The van der Waals surface area contributed by atoms with Crippen molar-refractivity contribution in [2.45, 2.75) is 26.0 Å². The van der Waals surface area contributed by atoms with E-state index in [-0.39, 0.29) is 24.9 Å². The molecule has 4 nitrogen and oxygen atoms in total. The number of aliphatic hydroxyl groups is 1. The summed E-state index contributed by atoms with van der Waals surface area (Å²) in [6.45, 7) is 3.75. The molecule has 1 amide bonds. The van der Waals surface area contributed by atoms with Crippen LogP contribution in [0.15, 0.2) is 24.3 Å². The summed E-state index contributed by atoms with van der Waals surface area (Å²) in [6.07, 6.45) is -0.692. The molecule has 1 aromatic carbocycles. The van der Waals surface area contributed by atoms with Gasteiger partial charge in [0.25, 0.3) is 0 Å². The van der Waals surface area contributed by atoms with Crippen molar-refractivity contribution in [1.82, 2.24) is 5.32 Å². The Kier molecular flexibility index (Phi) is 6.80. The molecule has 0 radical (unpaired) electrons. The van der Waals surface area contributed by atoms with E-state index in [9.17, 15) is 9.90 Å². The van der Waals surface area contributed by atoms with E-state index in [0.717, 1.165) is 11.1 Å². The van der Waals surface area contributed by atoms with Gasteiger partial charge in [-0.3, -0.25) is 4.79 Å². The Hall–Kier alpha value is -1.10. The van der Waals surface area contributed by atoms with Crippen molar-refractivity contribution in [3.05, 3.63) is 35.4 Å². The fourth-order valence-electron chi connectivity index (χ4n) is 1.35. The molecule has 0 aromatic heterocycles. The van der Waals surface area contributed by atoms with Crippen LogP contribution in [-0.2, 0) is 4.79 Å². The van der Waals surface area contributed by atoms with Crippen LogP contribution in [0, 0.1) is 6.92 Å². The summed E-state index contributed by atoms with van der Waals surface area (Å²) in [7, 11) is 0. The van der Waals surface area contributed by atoms with Crippen molar-refractivity contribution < 1.29 is 9.90 Å². The number of halogens is 1. The van der Waals surface area contributed by atoms with Gasteiger partial charge in [-0.05, 0) is 19.4 Å². The second-order valence-corrected chi connectivity index (χ2v) is 3.96. The summed E-state index contributed by atoms with van der Waals surface area (Å²) in [4.78, 5) is 11.2. The van der Waals surface area contributed by atoms with Gasteiger partial charge < -0.3 is 16.2 Å². The molecule has 4 N–H and O–H groups in total. The van der Waals surface area contributed by atoms with Crippen molar-refractivity contribution in [2.24, 2.45) is 5.73 Å². The number of rotatable bonds is 4. The Morgan fingerprint density at radius 1 is 1.53 bits per heavy atom. The van der Waals surface area contributed by atoms with Crippen molar-refractivity contribution in [3.63, 3.8) is 0 Å². The molecule has 0 heterocycles. The number of carbonyl (C=O) groups is 1. The van der Waals surface area contributed by atoms with E-state index in [1.807, 2.05) is 31.2 Å². The van der Waals surface area contributed by atoms with Crippen molar-refractivity contribution in [1.29, 1.82) is 0 Å². The quantitative estimate of drug-likeness (QED) is 0.752. The van der Waals surface area contributed by atoms with Gasteiger partial charge in [0, 0.05) is 6.54 Å². The number of carbonyl (C=O) groups excluding carboxylic acids is 1. The Labute approximate surface area is 108 Å². The molecular formula is C12H19ClN2O2. The molecule has 0 fully saturated rings. The average Bonchev–Trinajstić information content (AvgIpc) is 2.25. The van der Waals surface area contributed by atoms with Gasteiger partial charge in [-0.2, -0.15) is 0 Å². The zero-order valence-electron chi connectivity index (χ0n) is 10.0. The predicted octanol–water partition coefficient (Wildman–Crippen LogP) is 0.914. The molecular weight excluding hydrogens is 240 g/mol. The standard InChI is InChI=1S/C12H18N2O2.ClH/c1-8-4-3-5-10(6-8)11(15)7-14-12(16)9(2)13;/h3-6,9,11,15H,7,13H2,1-2H3,(H,14,16);1H. The lowest BCUT2D eigenvalue weighted by Crippen LogP contribution is -2.40. The molecule has 0 saturated carbocycles. The largest absolute Gasteiger partial charge is 0.387 e. The van der Waals surface area contributed by atoms with Crippen LogP contribution < -0.4 is 11.1 Å². The number of benzene rings is 1. The van der Waals surface area contributed by atoms with E-state index in [4.69, 9.17) is 5.73 Å². The number of hydrogen-bond donors (Lipinski definition) is 3. The maximum atomic E-state index is 11.2. The summed E-state index contributed by atoms with van der Waals surface area (Å²) >= 11 is 0. The molecule has 0 aliphatic carbocycles. The van der Waals surface area contributed by atoms with E-state index < -0.39 is 12.1 Å². The number of nitrogens with two attached hydrogens (primary N) is 1. The highest BCUT2D eigenvalue weighted by Gasteiger charge is 2.11. The third-order valence-corrected chi connectivity index (χ3v) is 2.31. The molecule has 96 valence electrons. The van der Waals surface area contributed by atoms with E-state index in [0.29, 0.717) is 0 Å². The third kappa shape index (κ3) is 5.17. The number of aryl methyl sites for hydroxylation is 1. The maximum Gasteiger partial charge on any atom is 0.236 e. The lowest BCUT2D eigenvalue weighted by atomic mass is 10.1. The zero-order valence-corrected chi connectivity index (χ0v) is 10.8. The first-order valence-electron chi connectivity index (χ1n) is 5.28. The minimum Gasteiger partial charge on any atom is -0.387 e. The van der Waals surface area contributed by atoms with Crippen LogP contribution >= 0.6 is 12.4 Å². The molecule has 0 saturated heterocycles. The molecule has 0 spiro atoms. The fourth-order valence-corrected chi connectivity index (χ4v) is 1.35. The first kappa shape index (κ1) is 15.9. The molecule has 1 rings (SSSR count). The highest BCUT2D eigenvalue weighted by Crippen LogP contribution is 2.13. The minimum atomic E-state index is -0.692. The van der Waals surface area contributed by atoms with Crippen LogP contribution in [0.2, 0.25) is 0 Å². The number of nitrogens with one attached hydrogen (secondary N) is 1. The monoisotopic (exact) mass is 258 g/mol. The maximum absolute atomic E-state index is 11.2. The van der Waals surface area contributed by atoms with Crippen LogP contribution in [0.25, 0.3) is 0 Å². The van der Waals surface area contributed by atoms with Crippen LogP contribution in [-0.4, -0.2) is 23.6 Å². The van der Waals surface area contributed by atoms with Crippen molar-refractivity contribution >= 4 is 18.3 Å². The Morgan fingerprint density at radius 3 is 2.71 bits per heavy atom. The molecule has 2 atom stereocenters. The SMILES string of the molecule is Cc1cccc(C(O)CNC(=O)C(C)N)c1.Cl. The van der Waals surface area contributed by atoms with Gasteiger partial charge in [0.2, 0.25) is 5.91 Å². The molecule has 17 heavy (non-hydrogen) atoms. The Balaban J connectivity index is 0.00000256. The molecule has 2 unspecified atom stereocenters. The second kappa shape index (κ2) is 7.27. The summed E-state index contributed by atoms with van der Waals surface area (Å²) in [5.41, 5.74) is 7.27. The molecule has 5 heteroatoms. The highest BCUT2D eigenvalue weighted by atomic mass is 35.5. The van der Waals surface area contributed by atoms with Gasteiger partial charge in [-0.15, -0.1) is 12.4 Å². The third-order valence-electron chi connectivity index (χ3n) is 2.31. The zero-order chi connectivity index (χ0) is 12.1. The normalized spacial score (nSPS) is 13.4. The van der Waals surface area contributed by atoms with Crippen molar-refractivity contribution in [3.8, 4) is 0 Å². The molecule has 0 bridgehead atoms. The van der Waals surface area contributed by atoms with Gasteiger partial charge in [-0.25, -0.2) is 0 Å². The van der Waals surface area contributed by atoms with Crippen LogP contribution in [0.1, 0.15) is 24.2 Å². The summed E-state index contributed by atoms with van der Waals surface area (Å²) < 4.78 is 0. The Morgan fingerprint density at radius 2 is 2.18 bits per heavy atom. The lowest BCUT2D eigenvalue weighted by molar-refractivity contribution is -0.122. The summed E-state index contributed by atoms with van der Waals surface area (Å²) in [5.74, 6) is -0.258. The van der Waals surface area contributed by atoms with Gasteiger partial charge in [0.05, 0.1) is 12.1 Å². The van der Waals surface area contributed by atoms with Gasteiger partial charge in [0.1, 0.15) is 0 Å². The topological polar surface area (TPSA) is 75.3 Å². The molecule has 0 aliphatic rings. The lowest BCUT2D eigenvalue weighted by Gasteiger charge is -2.13. The highest BCUT2D eigenvalue weighted by molar-refractivity contribution is 5.85. The summed E-state index contributed by atoms with van der Waals surface area (Å²) in [5, 5.41) is 12.4. The van der Waals surface area contributed by atoms with E-state index >= 15 is 0 Å². The smallest absolute Gasteiger partial charge is 0.236 e. The van der Waals surface area contributed by atoms with Gasteiger partial charge in [-0.1, -0.05) is 29.8 Å². The molecule has 0 aliphatic heterocycles. The number of aliphatic hydroxyl groups excluding tert-OH is 1. The first-order valence-corrected chi connectivity index (χ1v) is 5.28. The second-order valence-electron chi connectivity index (χ2n) is 3.96. The molecule has 1 aromatic rings. The van der Waals surface area contributed by atoms with Crippen LogP contribution in [0.5, 0.6) is 0 Å². The average molecular weight is 259 g/mol. The van der Waals surface area contributed by atoms with Gasteiger partial charge in [0.15, 0.2) is 0 Å².